The molecule has 2 rings (SSSR count). The molecule has 0 saturated carbocycles. The fourth-order valence-electron chi connectivity index (χ4n) is 1.70. The first-order valence-electron chi connectivity index (χ1n) is 6.08. The molecule has 8 heteroatoms. The van der Waals surface area contributed by atoms with E-state index in [9.17, 15) is 10.1 Å². The fraction of sp³-hybridized carbons (Fsp3) is 0.0714. The Morgan fingerprint density at radius 3 is 2.41 bits per heavy atom. The zero-order valence-corrected chi connectivity index (χ0v) is 13.6. The van der Waals surface area contributed by atoms with E-state index in [1.165, 1.54) is 24.3 Å². The molecule has 0 spiro atoms. The van der Waals surface area contributed by atoms with Crippen LogP contribution in [0.1, 0.15) is 12.5 Å². The Balaban J connectivity index is 2.27. The van der Waals surface area contributed by atoms with Crippen molar-refractivity contribution >= 4 is 51.9 Å². The molecule has 0 heterocycles. The van der Waals surface area contributed by atoms with Gasteiger partial charge in [-0.15, -0.1) is 0 Å². The summed E-state index contributed by atoms with van der Waals surface area (Å²) in [6.07, 6.45) is 0. The number of nitrogens with zero attached hydrogens (tertiary/aromatic N) is 2. The number of nitrogens with one attached hydrogen (secondary N) is 1. The molecule has 114 valence electrons. The zero-order valence-electron chi connectivity index (χ0n) is 11.3. The van der Waals surface area contributed by atoms with Gasteiger partial charge in [-0.1, -0.05) is 46.9 Å². The highest BCUT2D eigenvalue weighted by atomic mass is 35.5. The van der Waals surface area contributed by atoms with E-state index in [0.717, 1.165) is 0 Å². The van der Waals surface area contributed by atoms with Gasteiger partial charge in [-0.05, 0) is 19.1 Å². The number of anilines is 1. The van der Waals surface area contributed by atoms with Crippen molar-refractivity contribution in [2.24, 2.45) is 5.10 Å². The number of hydrogen-bond acceptors (Lipinski definition) is 4. The van der Waals surface area contributed by atoms with E-state index in [2.05, 4.69) is 10.5 Å². The lowest BCUT2D eigenvalue weighted by molar-refractivity contribution is -0.384. The van der Waals surface area contributed by atoms with Gasteiger partial charge in [0.1, 0.15) is 0 Å². The van der Waals surface area contributed by atoms with Crippen LogP contribution in [0.3, 0.4) is 0 Å². The van der Waals surface area contributed by atoms with Crippen LogP contribution in [0, 0.1) is 10.1 Å². The van der Waals surface area contributed by atoms with Gasteiger partial charge in [-0.25, -0.2) is 0 Å². The van der Waals surface area contributed by atoms with E-state index < -0.39 is 4.92 Å². The lowest BCUT2D eigenvalue weighted by Gasteiger charge is -2.08. The van der Waals surface area contributed by atoms with Crippen LogP contribution in [-0.2, 0) is 0 Å². The molecule has 5 nitrogen and oxygen atoms in total. The highest BCUT2D eigenvalue weighted by Gasteiger charge is 2.09. The van der Waals surface area contributed by atoms with Gasteiger partial charge < -0.3 is 0 Å². The molecule has 0 saturated heterocycles. The lowest BCUT2D eigenvalue weighted by Crippen LogP contribution is -2.01. The number of non-ortho nitro benzene ring substituents is 1. The van der Waals surface area contributed by atoms with E-state index in [4.69, 9.17) is 34.8 Å². The second-order valence-electron chi connectivity index (χ2n) is 4.36. The van der Waals surface area contributed by atoms with E-state index in [0.29, 0.717) is 32.0 Å². The SMILES string of the molecule is CC(=NNc1c(Cl)cc(Cl)cc1Cl)c1cccc([N+](=O)[O-])c1. The third-order valence-corrected chi connectivity index (χ3v) is 3.63. The van der Waals surface area contributed by atoms with Gasteiger partial charge in [0.15, 0.2) is 0 Å². The van der Waals surface area contributed by atoms with Crippen molar-refractivity contribution in [2.45, 2.75) is 6.92 Å². The van der Waals surface area contributed by atoms with E-state index in [1.54, 1.807) is 19.1 Å². The number of rotatable bonds is 4. The van der Waals surface area contributed by atoms with Gasteiger partial charge in [0.25, 0.3) is 5.69 Å². The average molecular weight is 359 g/mol. The summed E-state index contributed by atoms with van der Waals surface area (Å²) in [6, 6.07) is 9.24. The first-order chi connectivity index (χ1) is 10.4. The van der Waals surface area contributed by atoms with Crippen molar-refractivity contribution in [1.29, 1.82) is 0 Å². The number of hydrogen-bond donors (Lipinski definition) is 1. The van der Waals surface area contributed by atoms with Crippen molar-refractivity contribution in [3.8, 4) is 0 Å². The first kappa shape index (κ1) is 16.5. The number of benzene rings is 2. The quantitative estimate of drug-likeness (QED) is 0.452. The molecule has 1 N–H and O–H groups in total. The van der Waals surface area contributed by atoms with Gasteiger partial charge in [0, 0.05) is 22.7 Å². The van der Waals surface area contributed by atoms with Crippen LogP contribution in [0.25, 0.3) is 0 Å². The predicted molar refractivity (Wildman–Crippen MR) is 90.4 cm³/mol. The van der Waals surface area contributed by atoms with Crippen LogP contribution < -0.4 is 5.43 Å². The van der Waals surface area contributed by atoms with E-state index in [-0.39, 0.29) is 5.69 Å². The maximum atomic E-state index is 10.8. The summed E-state index contributed by atoms with van der Waals surface area (Å²) in [6.45, 7) is 1.71. The molecule has 0 radical (unpaired) electrons. The van der Waals surface area contributed by atoms with Crippen LogP contribution in [-0.4, -0.2) is 10.6 Å². The number of halogens is 3. The third kappa shape index (κ3) is 3.88. The van der Waals surface area contributed by atoms with Crippen LogP contribution in [0.5, 0.6) is 0 Å². The number of hydrazone groups is 1. The summed E-state index contributed by atoms with van der Waals surface area (Å²) in [4.78, 5) is 10.3. The fourth-order valence-corrected chi connectivity index (χ4v) is 2.60. The molecule has 0 amide bonds. The largest absolute Gasteiger partial charge is 0.275 e. The smallest absolute Gasteiger partial charge is 0.270 e. The maximum absolute atomic E-state index is 10.8. The average Bonchev–Trinajstić information content (AvgIpc) is 2.46. The third-order valence-electron chi connectivity index (χ3n) is 2.82. The van der Waals surface area contributed by atoms with Crippen molar-refractivity contribution in [3.63, 3.8) is 0 Å². The second kappa shape index (κ2) is 6.96. The lowest BCUT2D eigenvalue weighted by atomic mass is 10.1. The molecule has 0 bridgehead atoms. The molecule has 0 aliphatic rings. The molecular weight excluding hydrogens is 349 g/mol. The predicted octanol–water partition coefficient (Wildman–Crippen LogP) is 5.39. The van der Waals surface area contributed by atoms with Crippen molar-refractivity contribution in [2.75, 3.05) is 5.43 Å². The Morgan fingerprint density at radius 1 is 1.18 bits per heavy atom. The minimum atomic E-state index is -0.461. The van der Waals surface area contributed by atoms with Crippen LogP contribution >= 0.6 is 34.8 Å². The standard InChI is InChI=1S/C14H10Cl3N3O2/c1-8(9-3-2-4-11(5-9)20(21)22)18-19-14-12(16)6-10(15)7-13(14)17/h2-7,19H,1H3. The molecule has 0 aliphatic carbocycles. The molecule has 22 heavy (non-hydrogen) atoms. The molecule has 0 fully saturated rings. The van der Waals surface area contributed by atoms with Gasteiger partial charge in [-0.3, -0.25) is 15.5 Å². The van der Waals surface area contributed by atoms with Crippen molar-refractivity contribution in [1.82, 2.24) is 0 Å². The summed E-state index contributed by atoms with van der Waals surface area (Å²) < 4.78 is 0. The Hall–Kier alpha value is -1.82. The zero-order chi connectivity index (χ0) is 16.3. The Kier molecular flexibility index (Phi) is 5.24. The maximum Gasteiger partial charge on any atom is 0.270 e. The minimum absolute atomic E-state index is 0.00499. The van der Waals surface area contributed by atoms with Crippen LogP contribution in [0.4, 0.5) is 11.4 Å². The van der Waals surface area contributed by atoms with E-state index in [1.807, 2.05) is 0 Å². The first-order valence-corrected chi connectivity index (χ1v) is 7.21. The highest BCUT2D eigenvalue weighted by Crippen LogP contribution is 2.33. The Labute approximate surface area is 141 Å². The summed E-state index contributed by atoms with van der Waals surface area (Å²) in [5.41, 5.74) is 4.32. The normalized spacial score (nSPS) is 11.4. The van der Waals surface area contributed by atoms with Crippen molar-refractivity contribution < 1.29 is 4.92 Å². The van der Waals surface area contributed by atoms with E-state index >= 15 is 0 Å². The molecule has 0 atom stereocenters. The Bertz CT molecular complexity index is 740. The second-order valence-corrected chi connectivity index (χ2v) is 5.61. The summed E-state index contributed by atoms with van der Waals surface area (Å²) in [5, 5.41) is 16.0. The summed E-state index contributed by atoms with van der Waals surface area (Å²) >= 11 is 17.9. The van der Waals surface area contributed by atoms with Gasteiger partial charge in [0.05, 0.1) is 26.4 Å². The topological polar surface area (TPSA) is 67.5 Å². The van der Waals surface area contributed by atoms with Gasteiger partial charge >= 0.3 is 0 Å². The minimum Gasteiger partial charge on any atom is -0.275 e. The van der Waals surface area contributed by atoms with Crippen LogP contribution in [0.15, 0.2) is 41.5 Å². The molecule has 0 aromatic heterocycles. The highest BCUT2D eigenvalue weighted by molar-refractivity contribution is 6.41. The van der Waals surface area contributed by atoms with Gasteiger partial charge in [-0.2, -0.15) is 5.10 Å². The molecule has 2 aromatic carbocycles. The Morgan fingerprint density at radius 2 is 1.82 bits per heavy atom. The molecule has 0 aliphatic heterocycles. The monoisotopic (exact) mass is 357 g/mol. The number of nitro groups is 1. The summed E-state index contributed by atoms with van der Waals surface area (Å²) in [5.74, 6) is 0. The number of nitro benzene ring substituents is 1. The van der Waals surface area contributed by atoms with Gasteiger partial charge in [0.2, 0.25) is 0 Å². The molecular formula is C14H10Cl3N3O2. The van der Waals surface area contributed by atoms with Crippen LogP contribution in [0.2, 0.25) is 15.1 Å². The van der Waals surface area contributed by atoms with Crippen molar-refractivity contribution in [3.05, 3.63) is 67.1 Å². The molecule has 2 aromatic rings. The summed E-state index contributed by atoms with van der Waals surface area (Å²) in [7, 11) is 0. The molecule has 0 unspecified atom stereocenters.